The largest absolute Gasteiger partial charge is 0.389 e. The predicted octanol–water partition coefficient (Wildman–Crippen LogP) is 2.69. The summed E-state index contributed by atoms with van der Waals surface area (Å²) >= 11 is 0. The lowest BCUT2D eigenvalue weighted by atomic mass is 10.0. The van der Waals surface area contributed by atoms with Crippen LogP contribution in [-0.4, -0.2) is 23.8 Å². The van der Waals surface area contributed by atoms with Crippen molar-refractivity contribution < 1.29 is 5.11 Å². The molecule has 0 aromatic heterocycles. The van der Waals surface area contributed by atoms with Gasteiger partial charge < -0.3 is 15.7 Å². The molecule has 0 radical (unpaired) electrons. The van der Waals surface area contributed by atoms with Gasteiger partial charge in [-0.3, -0.25) is 0 Å². The zero-order valence-electron chi connectivity index (χ0n) is 12.0. The minimum Gasteiger partial charge on any atom is -0.389 e. The molecule has 18 heavy (non-hydrogen) atoms. The van der Waals surface area contributed by atoms with E-state index in [0.717, 1.165) is 18.7 Å². The lowest BCUT2D eigenvalue weighted by molar-refractivity contribution is 0.0876. The maximum Gasteiger partial charge on any atom is 0.0765 e. The normalized spacial score (nSPS) is 13.4. The van der Waals surface area contributed by atoms with Crippen LogP contribution in [-0.2, 0) is 0 Å². The van der Waals surface area contributed by atoms with Crippen LogP contribution in [0.25, 0.3) is 0 Å². The summed E-state index contributed by atoms with van der Waals surface area (Å²) in [6, 6.07) is 8.44. The third kappa shape index (κ3) is 4.31. The Morgan fingerprint density at radius 2 is 1.78 bits per heavy atom. The minimum atomic E-state index is -0.686. The molecule has 0 amide bonds. The molecule has 1 rings (SSSR count). The van der Waals surface area contributed by atoms with Crippen molar-refractivity contribution >= 4 is 5.69 Å². The van der Waals surface area contributed by atoms with E-state index in [2.05, 4.69) is 43.0 Å². The maximum atomic E-state index is 9.90. The van der Waals surface area contributed by atoms with E-state index in [-0.39, 0.29) is 6.04 Å². The van der Waals surface area contributed by atoms with E-state index < -0.39 is 5.60 Å². The molecule has 0 bridgehead atoms. The first kappa shape index (κ1) is 15.0. The van der Waals surface area contributed by atoms with Crippen molar-refractivity contribution in [1.29, 1.82) is 0 Å². The highest BCUT2D eigenvalue weighted by Crippen LogP contribution is 2.21. The van der Waals surface area contributed by atoms with Gasteiger partial charge in [0, 0.05) is 24.8 Å². The van der Waals surface area contributed by atoms with Crippen molar-refractivity contribution in [3.63, 3.8) is 0 Å². The highest BCUT2D eigenvalue weighted by atomic mass is 16.3. The van der Waals surface area contributed by atoms with Gasteiger partial charge in [0.1, 0.15) is 0 Å². The van der Waals surface area contributed by atoms with Crippen LogP contribution in [0.1, 0.15) is 45.7 Å². The molecule has 1 atom stereocenters. The van der Waals surface area contributed by atoms with Crippen LogP contribution in [0.3, 0.4) is 0 Å². The Labute approximate surface area is 111 Å². The summed E-state index contributed by atoms with van der Waals surface area (Å²) in [5, 5.41) is 9.90. The molecular weight excluding hydrogens is 224 g/mol. The molecule has 1 aromatic rings. The number of anilines is 1. The van der Waals surface area contributed by atoms with Crippen LogP contribution < -0.4 is 10.6 Å². The first-order chi connectivity index (χ1) is 8.37. The second-order valence-corrected chi connectivity index (χ2v) is 5.43. The molecule has 1 unspecified atom stereocenters. The van der Waals surface area contributed by atoms with Crippen molar-refractivity contribution in [1.82, 2.24) is 0 Å². The van der Waals surface area contributed by atoms with E-state index in [1.54, 1.807) is 0 Å². The topological polar surface area (TPSA) is 49.5 Å². The van der Waals surface area contributed by atoms with E-state index in [1.807, 2.05) is 13.8 Å². The molecule has 0 aliphatic carbocycles. The van der Waals surface area contributed by atoms with Gasteiger partial charge in [0.15, 0.2) is 0 Å². The molecule has 0 saturated heterocycles. The van der Waals surface area contributed by atoms with Gasteiger partial charge in [0.25, 0.3) is 0 Å². The SMILES string of the molecule is CCC(N)c1ccc(N(CC)CC(C)(C)O)cc1. The number of benzene rings is 1. The molecule has 0 aliphatic heterocycles. The molecular formula is C15H26N2O. The number of aliphatic hydroxyl groups is 1. The van der Waals surface area contributed by atoms with Crippen molar-refractivity contribution in [2.24, 2.45) is 5.73 Å². The minimum absolute atomic E-state index is 0.114. The van der Waals surface area contributed by atoms with Gasteiger partial charge in [-0.25, -0.2) is 0 Å². The quantitative estimate of drug-likeness (QED) is 0.816. The zero-order chi connectivity index (χ0) is 13.8. The molecule has 3 N–H and O–H groups in total. The summed E-state index contributed by atoms with van der Waals surface area (Å²) in [5.41, 5.74) is 7.61. The Bertz CT molecular complexity index is 354. The van der Waals surface area contributed by atoms with Gasteiger partial charge >= 0.3 is 0 Å². The predicted molar refractivity (Wildman–Crippen MR) is 77.8 cm³/mol. The van der Waals surface area contributed by atoms with Crippen LogP contribution in [0, 0.1) is 0 Å². The van der Waals surface area contributed by atoms with Crippen molar-refractivity contribution in [2.45, 2.75) is 45.8 Å². The standard InChI is InChI=1S/C15H26N2O/c1-5-14(16)12-7-9-13(10-8-12)17(6-2)11-15(3,4)18/h7-10,14,18H,5-6,11,16H2,1-4H3. The summed E-state index contributed by atoms with van der Waals surface area (Å²) < 4.78 is 0. The third-order valence-corrected chi connectivity index (χ3v) is 3.09. The van der Waals surface area contributed by atoms with Gasteiger partial charge in [-0.05, 0) is 44.9 Å². The fraction of sp³-hybridized carbons (Fsp3) is 0.600. The van der Waals surface area contributed by atoms with Gasteiger partial charge in [-0.1, -0.05) is 19.1 Å². The van der Waals surface area contributed by atoms with E-state index in [4.69, 9.17) is 5.73 Å². The number of rotatable bonds is 6. The van der Waals surface area contributed by atoms with E-state index >= 15 is 0 Å². The second kappa shape index (κ2) is 6.21. The van der Waals surface area contributed by atoms with E-state index in [1.165, 1.54) is 5.56 Å². The average molecular weight is 250 g/mol. The Morgan fingerprint density at radius 1 is 1.22 bits per heavy atom. The Kier molecular flexibility index (Phi) is 5.17. The van der Waals surface area contributed by atoms with E-state index in [9.17, 15) is 5.11 Å². The number of nitrogens with zero attached hydrogens (tertiary/aromatic N) is 1. The molecule has 0 saturated carbocycles. The summed E-state index contributed by atoms with van der Waals surface area (Å²) in [7, 11) is 0. The Morgan fingerprint density at radius 3 is 2.17 bits per heavy atom. The van der Waals surface area contributed by atoms with Crippen LogP contribution in [0.2, 0.25) is 0 Å². The second-order valence-electron chi connectivity index (χ2n) is 5.43. The third-order valence-electron chi connectivity index (χ3n) is 3.09. The van der Waals surface area contributed by atoms with Crippen LogP contribution in [0.15, 0.2) is 24.3 Å². The van der Waals surface area contributed by atoms with Gasteiger partial charge in [0.05, 0.1) is 5.60 Å². The monoisotopic (exact) mass is 250 g/mol. The summed E-state index contributed by atoms with van der Waals surface area (Å²) in [6.07, 6.45) is 0.945. The first-order valence-electron chi connectivity index (χ1n) is 6.70. The fourth-order valence-electron chi connectivity index (χ4n) is 2.02. The molecule has 1 aromatic carbocycles. The van der Waals surface area contributed by atoms with Crippen LogP contribution in [0.5, 0.6) is 0 Å². The summed E-state index contributed by atoms with van der Waals surface area (Å²) in [6.45, 7) is 9.35. The lowest BCUT2D eigenvalue weighted by Crippen LogP contribution is -2.38. The molecule has 0 spiro atoms. The van der Waals surface area contributed by atoms with Gasteiger partial charge in [0.2, 0.25) is 0 Å². The zero-order valence-corrected chi connectivity index (χ0v) is 12.0. The van der Waals surface area contributed by atoms with Gasteiger partial charge in [-0.15, -0.1) is 0 Å². The highest BCUT2D eigenvalue weighted by Gasteiger charge is 2.17. The average Bonchev–Trinajstić information content (AvgIpc) is 2.34. The smallest absolute Gasteiger partial charge is 0.0765 e. The Balaban J connectivity index is 2.82. The number of hydrogen-bond acceptors (Lipinski definition) is 3. The summed E-state index contributed by atoms with van der Waals surface area (Å²) in [5.74, 6) is 0. The first-order valence-corrected chi connectivity index (χ1v) is 6.70. The van der Waals surface area contributed by atoms with Crippen LogP contribution in [0.4, 0.5) is 5.69 Å². The highest BCUT2D eigenvalue weighted by molar-refractivity contribution is 5.48. The molecule has 3 heteroatoms. The van der Waals surface area contributed by atoms with E-state index in [0.29, 0.717) is 6.54 Å². The number of nitrogens with two attached hydrogens (primary N) is 1. The fourth-order valence-corrected chi connectivity index (χ4v) is 2.02. The summed E-state index contributed by atoms with van der Waals surface area (Å²) in [4.78, 5) is 2.17. The van der Waals surface area contributed by atoms with Gasteiger partial charge in [-0.2, -0.15) is 0 Å². The molecule has 0 fully saturated rings. The maximum absolute atomic E-state index is 9.90. The number of likely N-dealkylation sites (N-methyl/N-ethyl adjacent to an activating group) is 1. The molecule has 0 aliphatic rings. The number of hydrogen-bond donors (Lipinski definition) is 2. The van der Waals surface area contributed by atoms with Crippen molar-refractivity contribution in [3.05, 3.63) is 29.8 Å². The molecule has 3 nitrogen and oxygen atoms in total. The Hall–Kier alpha value is -1.06. The van der Waals surface area contributed by atoms with Crippen LogP contribution >= 0.6 is 0 Å². The lowest BCUT2D eigenvalue weighted by Gasteiger charge is -2.30. The molecule has 0 heterocycles. The molecule has 102 valence electrons. The van der Waals surface area contributed by atoms with Crippen molar-refractivity contribution in [3.8, 4) is 0 Å². The van der Waals surface area contributed by atoms with Crippen molar-refractivity contribution in [2.75, 3.05) is 18.0 Å².